The molecule has 3 fully saturated rings. The average molecular weight is 426 g/mol. The molecule has 4 rings (SSSR count). The first kappa shape index (κ1) is 21.7. The summed E-state index contributed by atoms with van der Waals surface area (Å²) >= 11 is 0. The lowest BCUT2D eigenvalue weighted by Gasteiger charge is -2.58. The van der Waals surface area contributed by atoms with Crippen LogP contribution in [0.1, 0.15) is 72.6 Å². The summed E-state index contributed by atoms with van der Waals surface area (Å²) < 4.78 is 16.3. The summed E-state index contributed by atoms with van der Waals surface area (Å²) in [5.41, 5.74) is -0.316. The molecule has 0 radical (unpaired) electrons. The van der Waals surface area contributed by atoms with Crippen LogP contribution in [0.4, 0.5) is 0 Å². The van der Waals surface area contributed by atoms with Gasteiger partial charge in [0.25, 0.3) is 0 Å². The molecule has 6 nitrogen and oxygen atoms in total. The molecule has 4 aliphatic rings. The summed E-state index contributed by atoms with van der Waals surface area (Å²) in [7, 11) is -4.47. The van der Waals surface area contributed by atoms with E-state index in [1.54, 1.807) is 6.92 Å². The van der Waals surface area contributed by atoms with E-state index in [-0.39, 0.29) is 22.5 Å². The zero-order chi connectivity index (χ0) is 21.4. The van der Waals surface area contributed by atoms with Crippen LogP contribution in [-0.2, 0) is 13.9 Å². The number of fused-ring (bicyclic) bond motifs is 5. The summed E-state index contributed by atoms with van der Waals surface area (Å²) in [6.07, 6.45) is 7.59. The zero-order valence-corrected chi connectivity index (χ0v) is 18.8. The Bertz CT molecular complexity index is 788. The highest BCUT2D eigenvalue weighted by molar-refractivity contribution is 7.46. The largest absolute Gasteiger partial charge is 0.469 e. The summed E-state index contributed by atoms with van der Waals surface area (Å²) in [4.78, 5) is 30.9. The second-order valence-corrected chi connectivity index (χ2v) is 11.8. The number of phosphoric acid groups is 1. The van der Waals surface area contributed by atoms with Crippen molar-refractivity contribution in [1.82, 2.24) is 0 Å². The number of hydrogen-bond acceptors (Lipinski definition) is 4. The van der Waals surface area contributed by atoms with E-state index in [0.29, 0.717) is 30.6 Å². The van der Waals surface area contributed by atoms with Gasteiger partial charge in [0.15, 0.2) is 5.78 Å². The van der Waals surface area contributed by atoms with Crippen molar-refractivity contribution in [3.63, 3.8) is 0 Å². The second-order valence-electron chi connectivity index (χ2n) is 10.6. The van der Waals surface area contributed by atoms with Gasteiger partial charge in [0.1, 0.15) is 5.60 Å². The molecule has 0 aromatic rings. The third-order valence-corrected chi connectivity index (χ3v) is 10.0. The second kappa shape index (κ2) is 6.74. The SMILES string of the molecule is CC(=O)[C@]1(O)[C@@H](C)C[C@H]2[C@H]3CC=C4C[C@H](OP(=O)(O)O)CC[C@@]4(C)[C@H]3CC[C@]21C. The molecule has 3 saturated carbocycles. The van der Waals surface area contributed by atoms with Crippen molar-refractivity contribution < 1.29 is 28.8 Å². The predicted molar refractivity (Wildman–Crippen MR) is 109 cm³/mol. The molecule has 0 spiro atoms. The van der Waals surface area contributed by atoms with Gasteiger partial charge >= 0.3 is 7.82 Å². The molecule has 0 heterocycles. The third-order valence-electron chi connectivity index (χ3n) is 9.46. The molecule has 0 bridgehead atoms. The number of hydrogen-bond donors (Lipinski definition) is 3. The molecule has 4 aliphatic carbocycles. The van der Waals surface area contributed by atoms with Gasteiger partial charge in [0.05, 0.1) is 6.10 Å². The molecule has 0 saturated heterocycles. The maximum atomic E-state index is 12.5. The first-order valence-electron chi connectivity index (χ1n) is 11.0. The Balaban J connectivity index is 1.62. The highest BCUT2D eigenvalue weighted by Gasteiger charge is 2.67. The number of ketones is 1. The first-order chi connectivity index (χ1) is 13.3. The lowest BCUT2D eigenvalue weighted by Crippen LogP contribution is -2.58. The minimum absolute atomic E-state index is 0.0131. The standard InChI is InChI=1S/C22H35O6P/c1-13-11-19-17-6-5-15-12-16(28-29(25,26)27)7-9-20(15,3)18(17)8-10-21(19,4)22(13,24)14(2)23/h5,13,16-19,24H,6-12H2,1-4H3,(H2,25,26,27)/t13-,16+,17-,18-,19-,20+,21+,22+/m0/s1. The molecule has 29 heavy (non-hydrogen) atoms. The van der Waals surface area contributed by atoms with Crippen molar-refractivity contribution in [2.75, 3.05) is 0 Å². The summed E-state index contributed by atoms with van der Waals surface area (Å²) in [6.45, 7) is 8.00. The van der Waals surface area contributed by atoms with Crippen LogP contribution < -0.4 is 0 Å². The van der Waals surface area contributed by atoms with Crippen molar-refractivity contribution in [2.24, 2.45) is 34.5 Å². The van der Waals surface area contributed by atoms with Crippen LogP contribution in [0.3, 0.4) is 0 Å². The Kier molecular flexibility index (Phi) is 5.04. The fourth-order valence-electron chi connectivity index (χ4n) is 8.00. The maximum Gasteiger partial charge on any atom is 0.469 e. The minimum atomic E-state index is -4.47. The van der Waals surface area contributed by atoms with Gasteiger partial charge in [-0.15, -0.1) is 0 Å². The number of carbonyl (C=O) groups is 1. The quantitative estimate of drug-likeness (QED) is 0.466. The van der Waals surface area contributed by atoms with Crippen molar-refractivity contribution >= 4 is 13.6 Å². The molecule has 7 heteroatoms. The molecule has 0 unspecified atom stereocenters. The number of rotatable bonds is 3. The lowest BCUT2D eigenvalue weighted by atomic mass is 9.46. The number of aliphatic hydroxyl groups is 1. The van der Waals surface area contributed by atoms with Crippen LogP contribution in [0.5, 0.6) is 0 Å². The normalized spacial score (nSPS) is 49.6. The Morgan fingerprint density at radius 2 is 1.90 bits per heavy atom. The average Bonchev–Trinajstić information content (AvgIpc) is 2.82. The van der Waals surface area contributed by atoms with E-state index in [1.807, 2.05) is 6.92 Å². The van der Waals surface area contributed by atoms with E-state index >= 15 is 0 Å². The van der Waals surface area contributed by atoms with Gasteiger partial charge in [-0.25, -0.2) is 4.57 Å². The summed E-state index contributed by atoms with van der Waals surface area (Å²) in [5, 5.41) is 11.5. The molecular weight excluding hydrogens is 391 g/mol. The Labute approximate surface area is 173 Å². The molecule has 3 N–H and O–H groups in total. The monoisotopic (exact) mass is 426 g/mol. The van der Waals surface area contributed by atoms with E-state index < -0.39 is 19.5 Å². The topological polar surface area (TPSA) is 104 Å². The summed E-state index contributed by atoms with van der Waals surface area (Å²) in [6, 6.07) is 0. The molecule has 0 aliphatic heterocycles. The third kappa shape index (κ3) is 3.05. The van der Waals surface area contributed by atoms with E-state index in [4.69, 9.17) is 4.52 Å². The Hall–Kier alpha value is -0.520. The van der Waals surface area contributed by atoms with Crippen molar-refractivity contribution in [1.29, 1.82) is 0 Å². The van der Waals surface area contributed by atoms with Crippen LogP contribution in [0, 0.1) is 34.5 Å². The van der Waals surface area contributed by atoms with Crippen molar-refractivity contribution in [3.05, 3.63) is 11.6 Å². The zero-order valence-electron chi connectivity index (χ0n) is 17.9. The molecule has 0 aromatic heterocycles. The first-order valence-corrected chi connectivity index (χ1v) is 12.5. The van der Waals surface area contributed by atoms with Crippen molar-refractivity contribution in [3.8, 4) is 0 Å². The number of allylic oxidation sites excluding steroid dienone is 1. The number of carbonyl (C=O) groups excluding carboxylic acids is 1. The van der Waals surface area contributed by atoms with Crippen LogP contribution in [0.15, 0.2) is 11.6 Å². The van der Waals surface area contributed by atoms with Gasteiger partial charge < -0.3 is 14.9 Å². The molecular formula is C22H35O6P. The van der Waals surface area contributed by atoms with Gasteiger partial charge in [-0.2, -0.15) is 0 Å². The minimum Gasteiger partial charge on any atom is -0.381 e. The predicted octanol–water partition coefficient (Wildman–Crippen LogP) is 3.99. The Morgan fingerprint density at radius 3 is 2.52 bits per heavy atom. The Morgan fingerprint density at radius 1 is 1.21 bits per heavy atom. The highest BCUT2D eigenvalue weighted by Crippen LogP contribution is 2.68. The van der Waals surface area contributed by atoms with Crippen LogP contribution in [-0.4, -0.2) is 32.4 Å². The van der Waals surface area contributed by atoms with E-state index in [2.05, 4.69) is 19.9 Å². The van der Waals surface area contributed by atoms with Gasteiger partial charge in [-0.05, 0) is 81.0 Å². The van der Waals surface area contributed by atoms with Crippen LogP contribution in [0.2, 0.25) is 0 Å². The maximum absolute atomic E-state index is 12.5. The molecule has 0 amide bonds. The fraction of sp³-hybridized carbons (Fsp3) is 0.864. The number of Topliss-reactive ketones (excluding diaryl/α,β-unsaturated/α-hetero) is 1. The van der Waals surface area contributed by atoms with E-state index in [1.165, 1.54) is 5.57 Å². The molecule has 8 atom stereocenters. The van der Waals surface area contributed by atoms with Crippen LogP contribution >= 0.6 is 7.82 Å². The van der Waals surface area contributed by atoms with Gasteiger partial charge in [-0.1, -0.05) is 32.4 Å². The van der Waals surface area contributed by atoms with Gasteiger partial charge in [0.2, 0.25) is 0 Å². The van der Waals surface area contributed by atoms with E-state index in [9.17, 15) is 24.3 Å². The number of phosphoric ester groups is 1. The lowest BCUT2D eigenvalue weighted by molar-refractivity contribution is -0.165. The fourth-order valence-corrected chi connectivity index (χ4v) is 8.57. The van der Waals surface area contributed by atoms with Gasteiger partial charge in [0, 0.05) is 5.41 Å². The highest BCUT2D eigenvalue weighted by atomic mass is 31.2. The molecule has 164 valence electrons. The summed E-state index contributed by atoms with van der Waals surface area (Å²) in [5.74, 6) is 1.13. The smallest absolute Gasteiger partial charge is 0.381 e. The van der Waals surface area contributed by atoms with Crippen molar-refractivity contribution in [2.45, 2.75) is 84.3 Å². The van der Waals surface area contributed by atoms with Crippen LogP contribution in [0.25, 0.3) is 0 Å². The molecule has 0 aromatic carbocycles. The van der Waals surface area contributed by atoms with E-state index in [0.717, 1.165) is 32.1 Å². The van der Waals surface area contributed by atoms with Gasteiger partial charge in [-0.3, -0.25) is 9.32 Å².